The van der Waals surface area contributed by atoms with Crippen molar-refractivity contribution in [3.8, 4) is 0 Å². The topological polar surface area (TPSA) is 80.6 Å². The van der Waals surface area contributed by atoms with Crippen molar-refractivity contribution >= 4 is 7.82 Å². The fourth-order valence-corrected chi connectivity index (χ4v) is 4.87. The number of hydrogen-bond donors (Lipinski definition) is 2. The van der Waals surface area contributed by atoms with Crippen molar-refractivity contribution in [2.75, 3.05) is 27.2 Å². The molecule has 0 aliphatic rings. The van der Waals surface area contributed by atoms with Gasteiger partial charge in [0.1, 0.15) is 0 Å². The summed E-state index contributed by atoms with van der Waals surface area (Å²) in [4.78, 5) is 22.9. The SMILES string of the molecule is CCCCCCCCCCCCCC[N+](C)(C)CCCCCCCCCCCCCC.O=P([O-])(O)O. The van der Waals surface area contributed by atoms with Gasteiger partial charge in [-0.25, -0.2) is 0 Å². The van der Waals surface area contributed by atoms with E-state index in [1.165, 1.54) is 172 Å². The van der Waals surface area contributed by atoms with Gasteiger partial charge >= 0.3 is 0 Å². The number of hydrogen-bond acceptors (Lipinski definition) is 2. The summed E-state index contributed by atoms with van der Waals surface area (Å²) in [7, 11) is 0.0220. The molecule has 0 bridgehead atoms. The molecule has 0 unspecified atom stereocenters. The molecular weight excluding hydrogens is 469 g/mol. The third kappa shape index (κ3) is 41.2. The normalized spacial score (nSPS) is 12.0. The van der Waals surface area contributed by atoms with E-state index in [0.717, 1.165) is 0 Å². The van der Waals surface area contributed by atoms with Gasteiger partial charge in [0.25, 0.3) is 7.82 Å². The highest BCUT2D eigenvalue weighted by Crippen LogP contribution is 2.19. The molecule has 0 aromatic rings. The summed E-state index contributed by atoms with van der Waals surface area (Å²) in [6, 6.07) is 0. The lowest BCUT2D eigenvalue weighted by molar-refractivity contribution is -0.890. The smallest absolute Gasteiger partial charge is 0.262 e. The standard InChI is InChI=1S/C30H64N.H3O4P/c1-5-7-9-11-13-15-17-19-21-23-25-27-29-31(3,4)30-28-26-24-22-20-18-16-14-12-10-8-6-2;1-5(2,3)4/h5-30H2,1-4H3;(H3,1,2,3,4)/q+1;/p-1. The van der Waals surface area contributed by atoms with Crippen molar-refractivity contribution in [3.63, 3.8) is 0 Å². The average molecular weight is 536 g/mol. The Kier molecular flexibility index (Phi) is 29.8. The molecule has 0 aromatic heterocycles. The van der Waals surface area contributed by atoms with Crippen LogP contribution in [0, 0.1) is 0 Å². The Labute approximate surface area is 226 Å². The molecule has 0 spiro atoms. The molecule has 6 heteroatoms. The van der Waals surface area contributed by atoms with E-state index in [0.29, 0.717) is 0 Å². The number of phosphoric acid groups is 1. The van der Waals surface area contributed by atoms with Crippen molar-refractivity contribution in [1.29, 1.82) is 0 Å². The van der Waals surface area contributed by atoms with Gasteiger partial charge < -0.3 is 19.2 Å². The Bertz CT molecular complexity index is 430. The zero-order chi connectivity index (χ0) is 27.4. The highest BCUT2D eigenvalue weighted by atomic mass is 31.2. The van der Waals surface area contributed by atoms with Gasteiger partial charge in [0, 0.05) is 0 Å². The van der Waals surface area contributed by atoms with E-state index in [2.05, 4.69) is 27.9 Å². The summed E-state index contributed by atoms with van der Waals surface area (Å²) in [6.45, 7) is 7.38. The Morgan fingerprint density at radius 3 is 0.833 bits per heavy atom. The van der Waals surface area contributed by atoms with E-state index in [1.54, 1.807) is 0 Å². The largest absolute Gasteiger partial charge is 0.756 e. The molecule has 0 aliphatic carbocycles. The lowest BCUT2D eigenvalue weighted by Crippen LogP contribution is -2.41. The third-order valence-electron chi connectivity index (χ3n) is 7.23. The van der Waals surface area contributed by atoms with E-state index < -0.39 is 7.82 Å². The van der Waals surface area contributed by atoms with E-state index in [4.69, 9.17) is 19.2 Å². The Morgan fingerprint density at radius 1 is 0.472 bits per heavy atom. The highest BCUT2D eigenvalue weighted by Gasteiger charge is 2.13. The number of quaternary nitrogens is 1. The van der Waals surface area contributed by atoms with E-state index in [1.807, 2.05) is 0 Å². The van der Waals surface area contributed by atoms with Gasteiger partial charge in [0.15, 0.2) is 0 Å². The van der Waals surface area contributed by atoms with Gasteiger partial charge in [-0.1, -0.05) is 142 Å². The van der Waals surface area contributed by atoms with Crippen LogP contribution in [0.4, 0.5) is 0 Å². The first-order valence-corrected chi connectivity index (χ1v) is 17.2. The van der Waals surface area contributed by atoms with Crippen molar-refractivity contribution in [2.24, 2.45) is 0 Å². The molecule has 0 aromatic carbocycles. The minimum atomic E-state index is -4.89. The molecule has 0 heterocycles. The van der Waals surface area contributed by atoms with Gasteiger partial charge in [-0.3, -0.25) is 4.57 Å². The lowest BCUT2D eigenvalue weighted by Gasteiger charge is -2.30. The minimum absolute atomic E-state index is 1.25. The first-order chi connectivity index (χ1) is 17.1. The molecule has 0 amide bonds. The fourth-order valence-electron chi connectivity index (χ4n) is 4.87. The lowest BCUT2D eigenvalue weighted by atomic mass is 10.0. The zero-order valence-corrected chi connectivity index (χ0v) is 25.9. The Morgan fingerprint density at radius 2 is 0.639 bits per heavy atom. The maximum absolute atomic E-state index is 8.77. The summed E-state index contributed by atoms with van der Waals surface area (Å²) >= 11 is 0. The highest BCUT2D eigenvalue weighted by molar-refractivity contribution is 7.43. The third-order valence-corrected chi connectivity index (χ3v) is 7.23. The quantitative estimate of drug-likeness (QED) is 0.0658. The number of rotatable bonds is 26. The summed E-state index contributed by atoms with van der Waals surface area (Å²) in [5.74, 6) is 0. The molecule has 0 saturated carbocycles. The summed E-state index contributed by atoms with van der Waals surface area (Å²) in [6.07, 6.45) is 35.0. The summed E-state index contributed by atoms with van der Waals surface area (Å²) in [5, 5.41) is 0. The van der Waals surface area contributed by atoms with Crippen molar-refractivity contribution in [1.82, 2.24) is 0 Å². The van der Waals surface area contributed by atoms with Crippen molar-refractivity contribution in [3.05, 3.63) is 0 Å². The summed E-state index contributed by atoms with van der Waals surface area (Å²) < 4.78 is 10.0. The fraction of sp³-hybridized carbons (Fsp3) is 1.00. The molecule has 5 nitrogen and oxygen atoms in total. The van der Waals surface area contributed by atoms with E-state index in [9.17, 15) is 0 Å². The van der Waals surface area contributed by atoms with E-state index in [-0.39, 0.29) is 0 Å². The maximum atomic E-state index is 8.77. The Hall–Kier alpha value is 0.0700. The van der Waals surface area contributed by atoms with Gasteiger partial charge in [-0.05, 0) is 25.7 Å². The molecule has 0 aliphatic heterocycles. The summed E-state index contributed by atoms with van der Waals surface area (Å²) in [5.41, 5.74) is 0. The van der Waals surface area contributed by atoms with Crippen molar-refractivity contribution in [2.45, 2.75) is 168 Å². The average Bonchev–Trinajstić information content (AvgIpc) is 2.79. The van der Waals surface area contributed by atoms with Crippen LogP contribution in [-0.2, 0) is 4.57 Å². The number of nitrogens with zero attached hydrogens (tertiary/aromatic N) is 1. The molecule has 0 radical (unpaired) electrons. The molecular formula is C30H66NO4P. The van der Waals surface area contributed by atoms with Crippen LogP contribution in [0.3, 0.4) is 0 Å². The van der Waals surface area contributed by atoms with Crippen LogP contribution in [0.15, 0.2) is 0 Å². The van der Waals surface area contributed by atoms with Gasteiger partial charge in [-0.2, -0.15) is 0 Å². The van der Waals surface area contributed by atoms with Crippen LogP contribution in [0.1, 0.15) is 168 Å². The van der Waals surface area contributed by atoms with Crippen LogP contribution < -0.4 is 4.89 Å². The van der Waals surface area contributed by atoms with Gasteiger partial charge in [-0.15, -0.1) is 0 Å². The molecule has 0 fully saturated rings. The van der Waals surface area contributed by atoms with E-state index >= 15 is 0 Å². The predicted molar refractivity (Wildman–Crippen MR) is 156 cm³/mol. The Balaban J connectivity index is 0. The van der Waals surface area contributed by atoms with Crippen LogP contribution in [0.5, 0.6) is 0 Å². The molecule has 220 valence electrons. The first-order valence-electron chi connectivity index (χ1n) is 15.7. The van der Waals surface area contributed by atoms with Crippen LogP contribution in [0.25, 0.3) is 0 Å². The molecule has 0 atom stereocenters. The second-order valence-corrected chi connectivity index (χ2v) is 12.6. The monoisotopic (exact) mass is 535 g/mol. The van der Waals surface area contributed by atoms with Crippen molar-refractivity contribution < 1.29 is 23.7 Å². The van der Waals surface area contributed by atoms with Gasteiger partial charge in [0.05, 0.1) is 27.2 Å². The van der Waals surface area contributed by atoms with Gasteiger partial charge in [0.2, 0.25) is 0 Å². The van der Waals surface area contributed by atoms with Crippen LogP contribution in [0.2, 0.25) is 0 Å². The molecule has 36 heavy (non-hydrogen) atoms. The second kappa shape index (κ2) is 28.1. The predicted octanol–water partition coefficient (Wildman–Crippen LogP) is 8.90. The zero-order valence-electron chi connectivity index (χ0n) is 25.0. The minimum Gasteiger partial charge on any atom is -0.756 e. The first kappa shape index (κ1) is 38.2. The van der Waals surface area contributed by atoms with Crippen LogP contribution in [-0.4, -0.2) is 41.5 Å². The second-order valence-electron chi connectivity index (χ2n) is 11.7. The molecule has 0 saturated heterocycles. The maximum Gasteiger partial charge on any atom is 0.262 e. The molecule has 0 rings (SSSR count). The number of unbranched alkanes of at least 4 members (excludes halogenated alkanes) is 22. The molecule has 2 N–H and O–H groups in total. The van der Waals surface area contributed by atoms with Crippen LogP contribution >= 0.6 is 7.82 Å².